The summed E-state index contributed by atoms with van der Waals surface area (Å²) in [6.45, 7) is 3.44. The Morgan fingerprint density at radius 3 is 2.47 bits per heavy atom. The number of hydrogen-bond donors (Lipinski definition) is 3. The number of benzene rings is 1. The molecule has 1 aromatic carbocycles. The van der Waals surface area contributed by atoms with E-state index in [1.165, 1.54) is 13.2 Å². The molecular weight excluding hydrogens is 246 g/mol. The molecule has 0 radical (unpaired) electrons. The van der Waals surface area contributed by atoms with Crippen molar-refractivity contribution < 1.29 is 14.3 Å². The van der Waals surface area contributed by atoms with Gasteiger partial charge in [-0.3, -0.25) is 9.59 Å². The predicted molar refractivity (Wildman–Crippen MR) is 72.8 cm³/mol. The van der Waals surface area contributed by atoms with Gasteiger partial charge in [0.25, 0.3) is 5.91 Å². The van der Waals surface area contributed by atoms with Gasteiger partial charge in [0.05, 0.1) is 7.11 Å². The van der Waals surface area contributed by atoms with E-state index >= 15 is 0 Å². The van der Waals surface area contributed by atoms with Crippen molar-refractivity contribution in [3.05, 3.63) is 23.8 Å². The van der Waals surface area contributed by atoms with Gasteiger partial charge in [-0.15, -0.1) is 0 Å². The van der Waals surface area contributed by atoms with Crippen LogP contribution in [0.25, 0.3) is 0 Å². The van der Waals surface area contributed by atoms with E-state index in [0.717, 1.165) is 0 Å². The number of nitrogen functional groups attached to an aromatic ring is 1. The molecule has 6 heteroatoms. The van der Waals surface area contributed by atoms with Crippen LogP contribution in [-0.2, 0) is 4.79 Å². The molecule has 0 unspecified atom stereocenters. The Kier molecular flexibility index (Phi) is 4.37. The molecule has 0 bridgehead atoms. The van der Waals surface area contributed by atoms with Crippen LogP contribution in [-0.4, -0.2) is 24.5 Å². The predicted octanol–water partition coefficient (Wildman–Crippen LogP) is 0.661. The lowest BCUT2D eigenvalue weighted by atomic mass is 9.99. The van der Waals surface area contributed by atoms with Crippen molar-refractivity contribution in [2.24, 2.45) is 5.73 Å². The monoisotopic (exact) mass is 265 g/mol. The number of nitrogens with two attached hydrogens (primary N) is 2. The minimum Gasteiger partial charge on any atom is -0.497 e. The maximum atomic E-state index is 12.1. The second-order valence-corrected chi connectivity index (χ2v) is 4.98. The van der Waals surface area contributed by atoms with E-state index in [4.69, 9.17) is 16.2 Å². The van der Waals surface area contributed by atoms with Crippen molar-refractivity contribution in [1.29, 1.82) is 0 Å². The number of anilines is 1. The van der Waals surface area contributed by atoms with Crippen molar-refractivity contribution in [3.63, 3.8) is 0 Å². The maximum Gasteiger partial charge on any atom is 0.251 e. The smallest absolute Gasteiger partial charge is 0.251 e. The van der Waals surface area contributed by atoms with Crippen LogP contribution in [0.3, 0.4) is 0 Å². The first-order valence-electron chi connectivity index (χ1n) is 5.79. The van der Waals surface area contributed by atoms with E-state index in [2.05, 4.69) is 5.32 Å². The normalized spacial score (nSPS) is 10.9. The minimum absolute atomic E-state index is 0.0538. The van der Waals surface area contributed by atoms with Crippen LogP contribution in [0.4, 0.5) is 5.69 Å². The van der Waals surface area contributed by atoms with E-state index in [9.17, 15) is 9.59 Å². The lowest BCUT2D eigenvalue weighted by Crippen LogP contribution is -2.46. The van der Waals surface area contributed by atoms with Crippen molar-refractivity contribution in [2.45, 2.75) is 25.8 Å². The molecule has 0 saturated carbocycles. The summed E-state index contributed by atoms with van der Waals surface area (Å²) < 4.78 is 5.05. The fraction of sp³-hybridized carbons (Fsp3) is 0.385. The number of hydrogen-bond acceptors (Lipinski definition) is 4. The molecule has 0 aliphatic carbocycles. The fourth-order valence-electron chi connectivity index (χ4n) is 1.73. The zero-order valence-corrected chi connectivity index (χ0v) is 11.3. The van der Waals surface area contributed by atoms with E-state index in [1.54, 1.807) is 26.0 Å². The number of carbonyl (C=O) groups is 2. The zero-order chi connectivity index (χ0) is 14.6. The van der Waals surface area contributed by atoms with Gasteiger partial charge in [-0.25, -0.2) is 0 Å². The van der Waals surface area contributed by atoms with Gasteiger partial charge >= 0.3 is 0 Å². The van der Waals surface area contributed by atoms with Gasteiger partial charge in [0.2, 0.25) is 5.91 Å². The summed E-state index contributed by atoms with van der Waals surface area (Å²) in [7, 11) is 1.49. The molecule has 5 N–H and O–H groups in total. The van der Waals surface area contributed by atoms with Crippen LogP contribution in [0, 0.1) is 0 Å². The van der Waals surface area contributed by atoms with Gasteiger partial charge in [-0.1, -0.05) is 0 Å². The van der Waals surface area contributed by atoms with Gasteiger partial charge < -0.3 is 21.5 Å². The van der Waals surface area contributed by atoms with Crippen LogP contribution < -0.4 is 21.5 Å². The van der Waals surface area contributed by atoms with Crippen LogP contribution in [0.15, 0.2) is 18.2 Å². The molecule has 0 heterocycles. The highest BCUT2D eigenvalue weighted by Crippen LogP contribution is 2.19. The summed E-state index contributed by atoms with van der Waals surface area (Å²) in [6, 6.07) is 4.73. The summed E-state index contributed by atoms with van der Waals surface area (Å²) in [5.41, 5.74) is 10.9. The van der Waals surface area contributed by atoms with Crippen LogP contribution in [0.1, 0.15) is 30.6 Å². The second kappa shape index (κ2) is 5.60. The van der Waals surface area contributed by atoms with Crippen LogP contribution in [0.5, 0.6) is 5.75 Å². The number of carbonyl (C=O) groups excluding carboxylic acids is 2. The number of nitrogens with one attached hydrogen (secondary N) is 1. The van der Waals surface area contributed by atoms with E-state index in [0.29, 0.717) is 17.0 Å². The van der Waals surface area contributed by atoms with Gasteiger partial charge in [0, 0.05) is 29.3 Å². The summed E-state index contributed by atoms with van der Waals surface area (Å²) in [5.74, 6) is -0.315. The molecule has 0 atom stereocenters. The summed E-state index contributed by atoms with van der Waals surface area (Å²) in [4.78, 5) is 23.0. The van der Waals surface area contributed by atoms with E-state index in [-0.39, 0.29) is 12.3 Å². The van der Waals surface area contributed by atoms with Crippen molar-refractivity contribution in [3.8, 4) is 5.75 Å². The molecule has 6 nitrogen and oxygen atoms in total. The molecular formula is C13H19N3O3. The van der Waals surface area contributed by atoms with Crippen molar-refractivity contribution in [2.75, 3.05) is 12.8 Å². The zero-order valence-electron chi connectivity index (χ0n) is 11.3. The second-order valence-electron chi connectivity index (χ2n) is 4.98. The molecule has 0 spiro atoms. The highest BCUT2D eigenvalue weighted by Gasteiger charge is 2.23. The highest BCUT2D eigenvalue weighted by atomic mass is 16.5. The van der Waals surface area contributed by atoms with Crippen LogP contribution >= 0.6 is 0 Å². The topological polar surface area (TPSA) is 107 Å². The molecule has 0 aromatic heterocycles. The SMILES string of the molecule is COc1cc(N)cc(C(=O)NC(C)(C)CC(N)=O)c1. The molecule has 0 saturated heterocycles. The van der Waals surface area contributed by atoms with Crippen LogP contribution in [0.2, 0.25) is 0 Å². The Bertz CT molecular complexity index is 498. The number of methoxy groups -OCH3 is 1. The number of amides is 2. The molecule has 2 amide bonds. The molecule has 104 valence electrons. The molecule has 0 aliphatic rings. The Morgan fingerprint density at radius 1 is 1.32 bits per heavy atom. The highest BCUT2D eigenvalue weighted by molar-refractivity contribution is 5.96. The van der Waals surface area contributed by atoms with E-state index < -0.39 is 11.4 Å². The van der Waals surface area contributed by atoms with E-state index in [1.807, 2.05) is 0 Å². The average molecular weight is 265 g/mol. The summed E-state index contributed by atoms with van der Waals surface area (Å²) in [5, 5.41) is 2.73. The summed E-state index contributed by atoms with van der Waals surface area (Å²) >= 11 is 0. The lowest BCUT2D eigenvalue weighted by Gasteiger charge is -2.24. The molecule has 19 heavy (non-hydrogen) atoms. The van der Waals surface area contributed by atoms with Gasteiger partial charge in [-0.05, 0) is 26.0 Å². The fourth-order valence-corrected chi connectivity index (χ4v) is 1.73. The minimum atomic E-state index is -0.721. The third-order valence-electron chi connectivity index (χ3n) is 2.49. The Balaban J connectivity index is 2.89. The standard InChI is InChI=1S/C13H19N3O3/c1-13(2,7-11(15)17)16-12(18)8-4-9(14)6-10(5-8)19-3/h4-6H,7,14H2,1-3H3,(H2,15,17)(H,16,18). The van der Waals surface area contributed by atoms with Crippen molar-refractivity contribution in [1.82, 2.24) is 5.32 Å². The van der Waals surface area contributed by atoms with Gasteiger partial charge in [0.1, 0.15) is 5.75 Å². The average Bonchev–Trinajstić information content (AvgIpc) is 2.25. The summed E-state index contributed by atoms with van der Waals surface area (Å²) in [6.07, 6.45) is 0.0538. The van der Waals surface area contributed by atoms with Gasteiger partial charge in [0.15, 0.2) is 0 Å². The number of rotatable bonds is 5. The maximum absolute atomic E-state index is 12.1. The first-order valence-corrected chi connectivity index (χ1v) is 5.79. The third kappa shape index (κ3) is 4.50. The quantitative estimate of drug-likeness (QED) is 0.680. The Labute approximate surface area is 112 Å². The molecule has 1 rings (SSSR count). The molecule has 1 aromatic rings. The largest absolute Gasteiger partial charge is 0.497 e. The molecule has 0 aliphatic heterocycles. The Hall–Kier alpha value is -2.24. The lowest BCUT2D eigenvalue weighted by molar-refractivity contribution is -0.119. The Morgan fingerprint density at radius 2 is 1.95 bits per heavy atom. The van der Waals surface area contributed by atoms with Gasteiger partial charge in [-0.2, -0.15) is 0 Å². The third-order valence-corrected chi connectivity index (χ3v) is 2.49. The first kappa shape index (κ1) is 14.8. The first-order chi connectivity index (χ1) is 8.73. The number of primary amides is 1. The van der Waals surface area contributed by atoms with Crippen molar-refractivity contribution >= 4 is 17.5 Å². The molecule has 0 fully saturated rings. The number of ether oxygens (including phenoxy) is 1.